The van der Waals surface area contributed by atoms with Crippen molar-refractivity contribution >= 4 is 11.9 Å². The maximum atomic E-state index is 11.9. The van der Waals surface area contributed by atoms with E-state index in [2.05, 4.69) is 4.74 Å². The van der Waals surface area contributed by atoms with Gasteiger partial charge in [-0.3, -0.25) is 9.69 Å². The first kappa shape index (κ1) is 14.7. The third-order valence-corrected chi connectivity index (χ3v) is 3.08. The largest absolute Gasteiger partial charge is 0.466 e. The minimum atomic E-state index is -0.325. The van der Waals surface area contributed by atoms with Crippen LogP contribution >= 0.6 is 0 Å². The summed E-state index contributed by atoms with van der Waals surface area (Å²) in [6, 6.07) is 0. The molecule has 0 spiro atoms. The minimum absolute atomic E-state index is 0.166. The second-order valence-electron chi connectivity index (χ2n) is 4.66. The Morgan fingerprint density at radius 1 is 1.33 bits per heavy atom. The number of esters is 1. The molecule has 1 fully saturated rings. The van der Waals surface area contributed by atoms with Crippen molar-refractivity contribution in [2.24, 2.45) is 0 Å². The van der Waals surface area contributed by atoms with Crippen molar-refractivity contribution in [2.45, 2.75) is 19.8 Å². The Kier molecular flexibility index (Phi) is 5.85. The van der Waals surface area contributed by atoms with Crippen LogP contribution in [0.5, 0.6) is 0 Å². The average molecular weight is 254 g/mol. The van der Waals surface area contributed by atoms with Gasteiger partial charge in [-0.25, -0.2) is 4.79 Å². The van der Waals surface area contributed by atoms with Gasteiger partial charge >= 0.3 is 5.97 Å². The number of likely N-dealkylation sites (N-methyl/N-ethyl adjacent to an activating group) is 1. The first-order valence-corrected chi connectivity index (χ1v) is 6.26. The van der Waals surface area contributed by atoms with Crippen molar-refractivity contribution in [1.29, 1.82) is 0 Å². The minimum Gasteiger partial charge on any atom is -0.466 e. The molecule has 0 atom stereocenters. The SMILES string of the molecule is COC(=O)C(C)=CCN(C)CC(=O)N1CCCC1. The van der Waals surface area contributed by atoms with Gasteiger partial charge in [0.15, 0.2) is 0 Å². The first-order chi connectivity index (χ1) is 8.54. The Balaban J connectivity index is 2.34. The lowest BCUT2D eigenvalue weighted by Gasteiger charge is -2.20. The molecule has 1 aliphatic heterocycles. The third-order valence-electron chi connectivity index (χ3n) is 3.08. The number of likely N-dealkylation sites (tertiary alicyclic amines) is 1. The normalized spacial score (nSPS) is 16.2. The average Bonchev–Trinajstić information content (AvgIpc) is 2.88. The molecule has 18 heavy (non-hydrogen) atoms. The summed E-state index contributed by atoms with van der Waals surface area (Å²) in [6.45, 7) is 4.43. The van der Waals surface area contributed by atoms with Crippen molar-refractivity contribution in [3.8, 4) is 0 Å². The maximum Gasteiger partial charge on any atom is 0.333 e. The quantitative estimate of drug-likeness (QED) is 0.534. The molecule has 0 unspecified atom stereocenters. The van der Waals surface area contributed by atoms with Gasteiger partial charge < -0.3 is 9.64 Å². The summed E-state index contributed by atoms with van der Waals surface area (Å²) in [7, 11) is 3.23. The van der Waals surface area contributed by atoms with Crippen molar-refractivity contribution in [1.82, 2.24) is 9.80 Å². The number of rotatable bonds is 5. The van der Waals surface area contributed by atoms with Gasteiger partial charge in [0.2, 0.25) is 5.91 Å². The molecule has 5 heteroatoms. The van der Waals surface area contributed by atoms with Crippen LogP contribution in [-0.4, -0.2) is 62.0 Å². The van der Waals surface area contributed by atoms with Gasteiger partial charge in [0, 0.05) is 25.2 Å². The Morgan fingerprint density at radius 2 is 1.94 bits per heavy atom. The predicted octanol–water partition coefficient (Wildman–Crippen LogP) is 0.660. The van der Waals surface area contributed by atoms with Gasteiger partial charge in [-0.1, -0.05) is 6.08 Å². The zero-order valence-corrected chi connectivity index (χ0v) is 11.4. The van der Waals surface area contributed by atoms with E-state index in [9.17, 15) is 9.59 Å². The highest BCUT2D eigenvalue weighted by molar-refractivity contribution is 5.87. The molecule has 0 aromatic carbocycles. The van der Waals surface area contributed by atoms with Crippen LogP contribution in [-0.2, 0) is 14.3 Å². The molecular weight excluding hydrogens is 232 g/mol. The van der Waals surface area contributed by atoms with E-state index in [1.807, 2.05) is 16.8 Å². The maximum absolute atomic E-state index is 11.9. The van der Waals surface area contributed by atoms with Crippen molar-refractivity contribution in [3.05, 3.63) is 11.6 Å². The first-order valence-electron chi connectivity index (χ1n) is 6.26. The summed E-state index contributed by atoms with van der Waals surface area (Å²) in [5.41, 5.74) is 0.568. The Hall–Kier alpha value is -1.36. The number of amides is 1. The molecule has 1 rings (SSSR count). The van der Waals surface area contributed by atoms with Crippen LogP contribution in [0, 0.1) is 0 Å². The molecule has 1 aliphatic rings. The van der Waals surface area contributed by atoms with Crippen molar-refractivity contribution in [2.75, 3.05) is 40.3 Å². The second kappa shape index (κ2) is 7.16. The highest BCUT2D eigenvalue weighted by Gasteiger charge is 2.18. The van der Waals surface area contributed by atoms with Crippen molar-refractivity contribution < 1.29 is 14.3 Å². The van der Waals surface area contributed by atoms with E-state index < -0.39 is 0 Å². The zero-order valence-electron chi connectivity index (χ0n) is 11.4. The fourth-order valence-corrected chi connectivity index (χ4v) is 1.90. The van der Waals surface area contributed by atoms with Gasteiger partial charge in [-0.2, -0.15) is 0 Å². The monoisotopic (exact) mass is 254 g/mol. The van der Waals surface area contributed by atoms with Crippen LogP contribution in [0.1, 0.15) is 19.8 Å². The summed E-state index contributed by atoms with van der Waals surface area (Å²) < 4.78 is 4.61. The van der Waals surface area contributed by atoms with E-state index in [-0.39, 0.29) is 11.9 Å². The third kappa shape index (κ3) is 4.49. The van der Waals surface area contributed by atoms with Gasteiger partial charge in [-0.05, 0) is 26.8 Å². The molecule has 1 heterocycles. The number of carbonyl (C=O) groups excluding carboxylic acids is 2. The molecule has 0 saturated carbocycles. The summed E-state index contributed by atoms with van der Waals surface area (Å²) in [4.78, 5) is 26.8. The molecule has 102 valence electrons. The number of methoxy groups -OCH3 is 1. The fourth-order valence-electron chi connectivity index (χ4n) is 1.90. The van der Waals surface area contributed by atoms with Crippen LogP contribution < -0.4 is 0 Å². The lowest BCUT2D eigenvalue weighted by Crippen LogP contribution is -2.37. The molecule has 1 amide bonds. The van der Waals surface area contributed by atoms with Gasteiger partial charge in [0.1, 0.15) is 0 Å². The number of hydrogen-bond donors (Lipinski definition) is 0. The predicted molar refractivity (Wildman–Crippen MR) is 69.1 cm³/mol. The van der Waals surface area contributed by atoms with Gasteiger partial charge in [0.25, 0.3) is 0 Å². The smallest absolute Gasteiger partial charge is 0.333 e. The van der Waals surface area contributed by atoms with E-state index in [1.165, 1.54) is 7.11 Å². The summed E-state index contributed by atoms with van der Waals surface area (Å²) in [5, 5.41) is 0. The molecule has 0 bridgehead atoms. The summed E-state index contributed by atoms with van der Waals surface area (Å²) in [6.07, 6.45) is 4.00. The lowest BCUT2D eigenvalue weighted by atomic mass is 10.3. The molecule has 5 nitrogen and oxygen atoms in total. The molecule has 0 aromatic heterocycles. The van der Waals surface area contributed by atoms with Crippen LogP contribution in [0.2, 0.25) is 0 Å². The number of carbonyl (C=O) groups is 2. The van der Waals surface area contributed by atoms with Gasteiger partial charge in [-0.15, -0.1) is 0 Å². The van der Waals surface area contributed by atoms with E-state index in [4.69, 9.17) is 0 Å². The fraction of sp³-hybridized carbons (Fsp3) is 0.692. The number of nitrogens with zero attached hydrogens (tertiary/aromatic N) is 2. The Bertz CT molecular complexity index is 333. The molecule has 1 saturated heterocycles. The van der Waals surface area contributed by atoms with Gasteiger partial charge in [0.05, 0.1) is 13.7 Å². The molecule has 0 aromatic rings. The van der Waals surface area contributed by atoms with Crippen LogP contribution in [0.15, 0.2) is 11.6 Å². The van der Waals surface area contributed by atoms with Crippen molar-refractivity contribution in [3.63, 3.8) is 0 Å². The van der Waals surface area contributed by atoms with Crippen LogP contribution in [0.3, 0.4) is 0 Å². The molecule has 0 N–H and O–H groups in total. The molecule has 0 radical (unpaired) electrons. The van der Waals surface area contributed by atoms with E-state index in [1.54, 1.807) is 13.0 Å². The highest BCUT2D eigenvalue weighted by Crippen LogP contribution is 2.07. The standard InChI is InChI=1S/C13H22N2O3/c1-11(13(17)18-3)6-9-14(2)10-12(16)15-7-4-5-8-15/h6H,4-5,7-10H2,1-3H3. The van der Waals surface area contributed by atoms with Crippen LogP contribution in [0.25, 0.3) is 0 Å². The van der Waals surface area contributed by atoms with E-state index in [0.29, 0.717) is 18.7 Å². The number of hydrogen-bond acceptors (Lipinski definition) is 4. The Morgan fingerprint density at radius 3 is 2.50 bits per heavy atom. The molecular formula is C13H22N2O3. The van der Waals surface area contributed by atoms with Crippen LogP contribution in [0.4, 0.5) is 0 Å². The summed E-state index contributed by atoms with van der Waals surface area (Å²) >= 11 is 0. The zero-order chi connectivity index (χ0) is 13.5. The highest BCUT2D eigenvalue weighted by atomic mass is 16.5. The van der Waals surface area contributed by atoms with E-state index in [0.717, 1.165) is 25.9 Å². The van der Waals surface area contributed by atoms with E-state index >= 15 is 0 Å². The second-order valence-corrected chi connectivity index (χ2v) is 4.66. The lowest BCUT2D eigenvalue weighted by molar-refractivity contribution is -0.136. The molecule has 0 aliphatic carbocycles. The number of ether oxygens (including phenoxy) is 1. The summed E-state index contributed by atoms with van der Waals surface area (Å²) in [5.74, 6) is -0.159. The Labute approximate surface area is 108 Å². The topological polar surface area (TPSA) is 49.9 Å².